The Hall–Kier alpha value is -0.640. The molecule has 1 aliphatic rings. The number of halogens is 2. The minimum Gasteiger partial charge on any atom is -0.390 e. The molecular weight excluding hydrogens is 291 g/mol. The fraction of sp³-hybridized carbons (Fsp3) is 0.647. The van der Waals surface area contributed by atoms with Crippen LogP contribution in [-0.4, -0.2) is 23.4 Å². The predicted molar refractivity (Wildman–Crippen MR) is 83.1 cm³/mol. The minimum absolute atomic E-state index is 0.261. The first kappa shape index (κ1) is 16.7. The van der Waals surface area contributed by atoms with Gasteiger partial charge in [0.2, 0.25) is 0 Å². The lowest BCUT2D eigenvalue weighted by atomic mass is 9.75. The summed E-state index contributed by atoms with van der Waals surface area (Å²) in [6, 6.07) is 4.59. The van der Waals surface area contributed by atoms with E-state index in [0.717, 1.165) is 25.7 Å². The number of rotatable bonds is 5. The first-order valence-electron chi connectivity index (χ1n) is 7.73. The summed E-state index contributed by atoms with van der Waals surface area (Å²) >= 11 is 5.77. The molecule has 0 amide bonds. The van der Waals surface area contributed by atoms with Crippen LogP contribution in [0, 0.1) is 11.7 Å². The topological polar surface area (TPSA) is 29.5 Å². The molecular formula is C17H24ClFO2. The largest absolute Gasteiger partial charge is 0.390 e. The van der Waals surface area contributed by atoms with Crippen molar-refractivity contribution in [2.75, 3.05) is 6.61 Å². The second-order valence-corrected chi connectivity index (χ2v) is 6.57. The second kappa shape index (κ2) is 7.08. The minimum atomic E-state index is -0.694. The van der Waals surface area contributed by atoms with Crippen LogP contribution in [0.15, 0.2) is 18.2 Å². The Kier molecular flexibility index (Phi) is 5.64. The molecule has 0 bridgehead atoms. The third kappa shape index (κ3) is 3.97. The van der Waals surface area contributed by atoms with Crippen molar-refractivity contribution in [1.29, 1.82) is 0 Å². The standard InChI is InChI=1S/C17H24ClFO2/c1-3-21-17(8-6-12(2)7-9-17)16(20)10-13-4-5-14(18)11-15(13)19/h4-5,11-12,16,20H,3,6-10H2,1-2H3. The Morgan fingerprint density at radius 3 is 2.67 bits per heavy atom. The Morgan fingerprint density at radius 2 is 2.10 bits per heavy atom. The van der Waals surface area contributed by atoms with Gasteiger partial charge in [-0.3, -0.25) is 0 Å². The molecule has 4 heteroatoms. The molecule has 2 nitrogen and oxygen atoms in total. The van der Waals surface area contributed by atoms with Gasteiger partial charge in [-0.15, -0.1) is 0 Å². The van der Waals surface area contributed by atoms with Crippen LogP contribution in [-0.2, 0) is 11.2 Å². The van der Waals surface area contributed by atoms with Crippen molar-refractivity contribution >= 4 is 11.6 Å². The number of hydrogen-bond donors (Lipinski definition) is 1. The molecule has 1 atom stereocenters. The highest BCUT2D eigenvalue weighted by molar-refractivity contribution is 6.30. The quantitative estimate of drug-likeness (QED) is 0.874. The molecule has 118 valence electrons. The van der Waals surface area contributed by atoms with E-state index in [4.69, 9.17) is 16.3 Å². The summed E-state index contributed by atoms with van der Waals surface area (Å²) in [6.45, 7) is 4.73. The Morgan fingerprint density at radius 1 is 1.43 bits per heavy atom. The van der Waals surface area contributed by atoms with Gasteiger partial charge in [0, 0.05) is 18.1 Å². The van der Waals surface area contributed by atoms with E-state index in [1.165, 1.54) is 6.07 Å². The zero-order valence-electron chi connectivity index (χ0n) is 12.7. The normalized spacial score (nSPS) is 27.6. The molecule has 1 saturated carbocycles. The highest BCUT2D eigenvalue weighted by Gasteiger charge is 2.41. The Balaban J connectivity index is 2.13. The fourth-order valence-corrected chi connectivity index (χ4v) is 3.35. The summed E-state index contributed by atoms with van der Waals surface area (Å²) in [5.74, 6) is 0.301. The average molecular weight is 315 g/mol. The molecule has 0 heterocycles. The summed E-state index contributed by atoms with van der Waals surface area (Å²) in [6.07, 6.45) is 3.31. The number of hydrogen-bond acceptors (Lipinski definition) is 2. The van der Waals surface area contributed by atoms with E-state index >= 15 is 0 Å². The first-order valence-corrected chi connectivity index (χ1v) is 8.10. The lowest BCUT2D eigenvalue weighted by Gasteiger charge is -2.42. The van der Waals surface area contributed by atoms with Crippen molar-refractivity contribution in [3.8, 4) is 0 Å². The lowest BCUT2D eigenvalue weighted by molar-refractivity contribution is -0.143. The van der Waals surface area contributed by atoms with E-state index in [2.05, 4.69) is 6.92 Å². The van der Waals surface area contributed by atoms with Crippen LogP contribution in [0.3, 0.4) is 0 Å². The fourth-order valence-electron chi connectivity index (χ4n) is 3.19. The number of benzene rings is 1. The molecule has 1 aliphatic carbocycles. The smallest absolute Gasteiger partial charge is 0.127 e. The molecule has 0 aromatic heterocycles. The van der Waals surface area contributed by atoms with Crippen molar-refractivity contribution in [3.05, 3.63) is 34.6 Å². The summed E-state index contributed by atoms with van der Waals surface area (Å²) in [7, 11) is 0. The van der Waals surface area contributed by atoms with Crippen LogP contribution >= 0.6 is 11.6 Å². The van der Waals surface area contributed by atoms with Gasteiger partial charge in [-0.05, 0) is 56.2 Å². The van der Waals surface area contributed by atoms with Crippen LogP contribution in [0.25, 0.3) is 0 Å². The SMILES string of the molecule is CCOC1(C(O)Cc2ccc(Cl)cc2F)CCC(C)CC1. The third-order valence-corrected chi connectivity index (χ3v) is 4.82. The van der Waals surface area contributed by atoms with Gasteiger partial charge >= 0.3 is 0 Å². The molecule has 1 aromatic rings. The second-order valence-electron chi connectivity index (χ2n) is 6.14. The molecule has 1 unspecified atom stereocenters. The summed E-state index contributed by atoms with van der Waals surface area (Å²) < 4.78 is 19.8. The van der Waals surface area contributed by atoms with Crippen molar-refractivity contribution in [3.63, 3.8) is 0 Å². The molecule has 1 fully saturated rings. The molecule has 0 aliphatic heterocycles. The van der Waals surface area contributed by atoms with Crippen LogP contribution in [0.5, 0.6) is 0 Å². The van der Waals surface area contributed by atoms with Gasteiger partial charge in [0.15, 0.2) is 0 Å². The van der Waals surface area contributed by atoms with Gasteiger partial charge in [-0.1, -0.05) is 24.6 Å². The molecule has 2 rings (SSSR count). The van der Waals surface area contributed by atoms with Crippen LogP contribution < -0.4 is 0 Å². The molecule has 21 heavy (non-hydrogen) atoms. The third-order valence-electron chi connectivity index (χ3n) is 4.59. The van der Waals surface area contributed by atoms with Crippen LogP contribution in [0.1, 0.15) is 45.1 Å². The van der Waals surface area contributed by atoms with Crippen LogP contribution in [0.2, 0.25) is 5.02 Å². The summed E-state index contributed by atoms with van der Waals surface area (Å²) in [4.78, 5) is 0. The predicted octanol–water partition coefficient (Wildman–Crippen LogP) is 4.37. The van der Waals surface area contributed by atoms with Gasteiger partial charge in [0.05, 0.1) is 11.7 Å². The van der Waals surface area contributed by atoms with Crippen molar-refractivity contribution in [1.82, 2.24) is 0 Å². The maximum absolute atomic E-state index is 13.9. The van der Waals surface area contributed by atoms with E-state index in [0.29, 0.717) is 23.1 Å². The van der Waals surface area contributed by atoms with Gasteiger partial charge < -0.3 is 9.84 Å². The number of ether oxygens (including phenoxy) is 1. The van der Waals surface area contributed by atoms with Gasteiger partial charge in [-0.25, -0.2) is 4.39 Å². The zero-order chi connectivity index (χ0) is 15.5. The van der Waals surface area contributed by atoms with E-state index in [1.807, 2.05) is 6.92 Å². The maximum atomic E-state index is 13.9. The van der Waals surface area contributed by atoms with E-state index in [9.17, 15) is 9.50 Å². The summed E-state index contributed by atoms with van der Waals surface area (Å²) in [5.41, 5.74) is -0.0440. The van der Waals surface area contributed by atoms with E-state index in [-0.39, 0.29) is 12.2 Å². The molecule has 0 radical (unpaired) electrons. The van der Waals surface area contributed by atoms with Gasteiger partial charge in [0.1, 0.15) is 5.82 Å². The van der Waals surface area contributed by atoms with Gasteiger partial charge in [0.25, 0.3) is 0 Å². The molecule has 0 spiro atoms. The van der Waals surface area contributed by atoms with Gasteiger partial charge in [-0.2, -0.15) is 0 Å². The van der Waals surface area contributed by atoms with Crippen molar-refractivity contribution in [2.24, 2.45) is 5.92 Å². The van der Waals surface area contributed by atoms with Crippen molar-refractivity contribution in [2.45, 2.75) is 57.7 Å². The molecule has 1 N–H and O–H groups in total. The lowest BCUT2D eigenvalue weighted by Crippen LogP contribution is -2.48. The number of aliphatic hydroxyl groups excluding tert-OH is 1. The summed E-state index contributed by atoms with van der Waals surface area (Å²) in [5, 5.41) is 11.0. The zero-order valence-corrected chi connectivity index (χ0v) is 13.5. The monoisotopic (exact) mass is 314 g/mol. The highest BCUT2D eigenvalue weighted by atomic mass is 35.5. The molecule has 1 aromatic carbocycles. The highest BCUT2D eigenvalue weighted by Crippen LogP contribution is 2.38. The maximum Gasteiger partial charge on any atom is 0.127 e. The Bertz CT molecular complexity index is 470. The van der Waals surface area contributed by atoms with E-state index < -0.39 is 11.7 Å². The van der Waals surface area contributed by atoms with Crippen LogP contribution in [0.4, 0.5) is 4.39 Å². The van der Waals surface area contributed by atoms with E-state index in [1.54, 1.807) is 12.1 Å². The average Bonchev–Trinajstić information content (AvgIpc) is 2.45. The Labute approximate surface area is 131 Å². The first-order chi connectivity index (χ1) is 9.97. The van der Waals surface area contributed by atoms with Crippen molar-refractivity contribution < 1.29 is 14.2 Å². The molecule has 0 saturated heterocycles. The number of aliphatic hydroxyl groups is 1.